The quantitative estimate of drug-likeness (QED) is 0.568. The first-order valence-corrected chi connectivity index (χ1v) is 3.63. The van der Waals surface area contributed by atoms with Crippen molar-refractivity contribution in [2.45, 2.75) is 20.3 Å². The van der Waals surface area contributed by atoms with Crippen LogP contribution in [0.4, 0.5) is 0 Å². The van der Waals surface area contributed by atoms with Gasteiger partial charge in [0.1, 0.15) is 0 Å². The van der Waals surface area contributed by atoms with Crippen LogP contribution in [0.3, 0.4) is 0 Å². The molecule has 0 bridgehead atoms. The molecule has 0 aromatic heterocycles. The van der Waals surface area contributed by atoms with Gasteiger partial charge in [-0.25, -0.2) is 0 Å². The Labute approximate surface area is 67.0 Å². The lowest BCUT2D eigenvalue weighted by Crippen LogP contribution is -2.25. The van der Waals surface area contributed by atoms with Crippen molar-refractivity contribution in [1.82, 2.24) is 0 Å². The number of nitriles is 1. The van der Waals surface area contributed by atoms with Crippen molar-refractivity contribution in [2.75, 3.05) is 0 Å². The van der Waals surface area contributed by atoms with Crippen LogP contribution in [-0.2, 0) is 0 Å². The molecule has 11 heavy (non-hydrogen) atoms. The number of hydrogen-bond donors (Lipinski definition) is 1. The van der Waals surface area contributed by atoms with Crippen LogP contribution in [0.5, 0.6) is 0 Å². The summed E-state index contributed by atoms with van der Waals surface area (Å²) in [7, 11) is 0. The van der Waals surface area contributed by atoms with Crippen molar-refractivity contribution in [2.24, 2.45) is 11.1 Å². The Bertz CT molecular complexity index is 268. The highest BCUT2D eigenvalue weighted by molar-refractivity contribution is 5.32. The molecule has 0 radical (unpaired) electrons. The third-order valence-electron chi connectivity index (χ3n) is 2.06. The van der Waals surface area contributed by atoms with Gasteiger partial charge in [-0.2, -0.15) is 5.26 Å². The molecule has 2 heteroatoms. The average Bonchev–Trinajstić information content (AvgIpc) is 1.98. The summed E-state index contributed by atoms with van der Waals surface area (Å²) in [5.41, 5.74) is 7.09. The third-order valence-corrected chi connectivity index (χ3v) is 2.06. The molecule has 0 fully saturated rings. The van der Waals surface area contributed by atoms with Crippen molar-refractivity contribution in [3.05, 3.63) is 23.4 Å². The molecule has 0 heterocycles. The fraction of sp³-hybridized carbons (Fsp3) is 0.444. The molecule has 1 aliphatic carbocycles. The van der Waals surface area contributed by atoms with Crippen molar-refractivity contribution in [1.29, 1.82) is 5.26 Å². The zero-order valence-electron chi connectivity index (χ0n) is 6.89. The molecule has 1 rings (SSSR count). The van der Waals surface area contributed by atoms with Gasteiger partial charge in [-0.05, 0) is 26.3 Å². The second kappa shape index (κ2) is 2.43. The van der Waals surface area contributed by atoms with Crippen LogP contribution >= 0.6 is 0 Å². The van der Waals surface area contributed by atoms with E-state index in [1.807, 2.05) is 26.0 Å². The maximum absolute atomic E-state index is 8.84. The predicted octanol–water partition coefficient (Wildman–Crippen LogP) is 1.71. The first-order valence-electron chi connectivity index (χ1n) is 3.63. The summed E-state index contributed by atoms with van der Waals surface area (Å²) >= 11 is 0. The lowest BCUT2D eigenvalue weighted by molar-refractivity contribution is 0.510. The Balaban J connectivity index is 3.01. The van der Waals surface area contributed by atoms with Crippen LogP contribution in [0, 0.1) is 16.7 Å². The normalized spacial score (nSPS) is 30.3. The van der Waals surface area contributed by atoms with Crippen molar-refractivity contribution < 1.29 is 0 Å². The largest absolute Gasteiger partial charge is 0.401 e. The second-order valence-electron chi connectivity index (χ2n) is 3.26. The van der Waals surface area contributed by atoms with Gasteiger partial charge in [-0.3, -0.25) is 0 Å². The summed E-state index contributed by atoms with van der Waals surface area (Å²) in [6.45, 7) is 3.88. The van der Waals surface area contributed by atoms with E-state index in [1.54, 1.807) is 0 Å². The van der Waals surface area contributed by atoms with Crippen molar-refractivity contribution >= 4 is 0 Å². The minimum absolute atomic E-state index is 0.473. The monoisotopic (exact) mass is 148 g/mol. The van der Waals surface area contributed by atoms with E-state index in [-0.39, 0.29) is 0 Å². The van der Waals surface area contributed by atoms with Crippen LogP contribution in [-0.4, -0.2) is 0 Å². The highest BCUT2D eigenvalue weighted by Gasteiger charge is 2.28. The molecule has 1 aliphatic rings. The SMILES string of the molecule is CC1=CC=C(N)C(C)(C#N)C1. The van der Waals surface area contributed by atoms with Gasteiger partial charge < -0.3 is 5.73 Å². The molecule has 58 valence electrons. The minimum atomic E-state index is -0.473. The number of nitrogens with two attached hydrogens (primary N) is 1. The summed E-state index contributed by atoms with van der Waals surface area (Å²) in [4.78, 5) is 0. The van der Waals surface area contributed by atoms with Gasteiger partial charge >= 0.3 is 0 Å². The average molecular weight is 148 g/mol. The molecule has 0 aromatic carbocycles. The highest BCUT2D eigenvalue weighted by Crippen LogP contribution is 2.33. The number of hydrogen-bond acceptors (Lipinski definition) is 2. The summed E-state index contributed by atoms with van der Waals surface area (Å²) < 4.78 is 0. The molecule has 0 spiro atoms. The number of nitrogens with zero attached hydrogens (tertiary/aromatic N) is 1. The molecule has 0 aliphatic heterocycles. The van der Waals surface area contributed by atoms with E-state index in [2.05, 4.69) is 6.07 Å². The van der Waals surface area contributed by atoms with E-state index in [0.29, 0.717) is 5.70 Å². The van der Waals surface area contributed by atoms with Gasteiger partial charge in [0.15, 0.2) is 0 Å². The molecule has 2 nitrogen and oxygen atoms in total. The van der Waals surface area contributed by atoms with Crippen molar-refractivity contribution in [3.63, 3.8) is 0 Å². The summed E-state index contributed by atoms with van der Waals surface area (Å²) in [6.07, 6.45) is 4.54. The smallest absolute Gasteiger partial charge is 0.0974 e. The van der Waals surface area contributed by atoms with Gasteiger partial charge in [0.05, 0.1) is 11.5 Å². The Morgan fingerprint density at radius 3 is 2.73 bits per heavy atom. The molecule has 1 unspecified atom stereocenters. The predicted molar refractivity (Wildman–Crippen MR) is 44.4 cm³/mol. The topological polar surface area (TPSA) is 49.8 Å². The van der Waals surface area contributed by atoms with Gasteiger partial charge in [-0.15, -0.1) is 0 Å². The standard InChI is InChI=1S/C9H12N2/c1-7-3-4-8(11)9(2,5-7)6-10/h3-4H,5,11H2,1-2H3. The lowest BCUT2D eigenvalue weighted by atomic mass is 9.79. The molecular weight excluding hydrogens is 136 g/mol. The van der Waals surface area contributed by atoms with Gasteiger partial charge in [0.25, 0.3) is 0 Å². The summed E-state index contributed by atoms with van der Waals surface area (Å²) in [5.74, 6) is 0. The Hall–Kier alpha value is -1.23. The van der Waals surface area contributed by atoms with E-state index >= 15 is 0 Å². The fourth-order valence-corrected chi connectivity index (χ4v) is 1.24. The summed E-state index contributed by atoms with van der Waals surface area (Å²) in [5, 5.41) is 8.84. The highest BCUT2D eigenvalue weighted by atomic mass is 14.6. The van der Waals surface area contributed by atoms with E-state index < -0.39 is 5.41 Å². The van der Waals surface area contributed by atoms with Gasteiger partial charge in [0.2, 0.25) is 0 Å². The lowest BCUT2D eigenvalue weighted by Gasteiger charge is -2.25. The van der Waals surface area contributed by atoms with Crippen LogP contribution in [0.25, 0.3) is 0 Å². The van der Waals surface area contributed by atoms with E-state index in [9.17, 15) is 0 Å². The molecular formula is C9H12N2. The Morgan fingerprint density at radius 2 is 2.27 bits per heavy atom. The van der Waals surface area contributed by atoms with E-state index in [1.165, 1.54) is 5.57 Å². The zero-order valence-corrected chi connectivity index (χ0v) is 6.89. The zero-order chi connectivity index (χ0) is 8.48. The Morgan fingerprint density at radius 1 is 1.64 bits per heavy atom. The van der Waals surface area contributed by atoms with Crippen molar-refractivity contribution in [3.8, 4) is 6.07 Å². The molecule has 2 N–H and O–H groups in total. The van der Waals surface area contributed by atoms with Gasteiger partial charge in [0, 0.05) is 5.70 Å². The van der Waals surface area contributed by atoms with Crippen LogP contribution in [0.15, 0.2) is 23.4 Å². The van der Waals surface area contributed by atoms with E-state index in [4.69, 9.17) is 11.0 Å². The minimum Gasteiger partial charge on any atom is -0.401 e. The Kier molecular flexibility index (Phi) is 1.74. The number of allylic oxidation sites excluding steroid dienone is 4. The summed E-state index contributed by atoms with van der Waals surface area (Å²) in [6, 6.07) is 2.23. The van der Waals surface area contributed by atoms with Gasteiger partial charge in [-0.1, -0.05) is 11.6 Å². The maximum atomic E-state index is 8.84. The maximum Gasteiger partial charge on any atom is 0.0974 e. The molecule has 0 amide bonds. The fourth-order valence-electron chi connectivity index (χ4n) is 1.24. The second-order valence-corrected chi connectivity index (χ2v) is 3.26. The molecule has 0 aromatic rings. The first-order chi connectivity index (χ1) is 5.08. The molecule has 0 saturated heterocycles. The van der Waals surface area contributed by atoms with Crippen LogP contribution in [0.2, 0.25) is 0 Å². The van der Waals surface area contributed by atoms with Crippen LogP contribution < -0.4 is 5.73 Å². The van der Waals surface area contributed by atoms with Crippen LogP contribution in [0.1, 0.15) is 20.3 Å². The number of rotatable bonds is 0. The van der Waals surface area contributed by atoms with E-state index in [0.717, 1.165) is 6.42 Å². The first kappa shape index (κ1) is 7.87. The molecule has 1 atom stereocenters. The third kappa shape index (κ3) is 1.27. The molecule has 0 saturated carbocycles.